The number of amides is 1. The lowest BCUT2D eigenvalue weighted by atomic mass is 10.0. The molecule has 2 heterocycles. The van der Waals surface area contributed by atoms with Gasteiger partial charge in [-0.05, 0) is 48.6 Å². The van der Waals surface area contributed by atoms with Crippen LogP contribution in [0.1, 0.15) is 45.5 Å². The van der Waals surface area contributed by atoms with Gasteiger partial charge in [0.1, 0.15) is 23.2 Å². The number of imidazole rings is 1. The van der Waals surface area contributed by atoms with Crippen molar-refractivity contribution in [3.05, 3.63) is 81.3 Å². The van der Waals surface area contributed by atoms with Gasteiger partial charge in [-0.2, -0.15) is 0 Å². The summed E-state index contributed by atoms with van der Waals surface area (Å²) in [6.45, 7) is 0. The van der Waals surface area contributed by atoms with Gasteiger partial charge in [0, 0.05) is 25.1 Å². The summed E-state index contributed by atoms with van der Waals surface area (Å²) in [6.07, 6.45) is 6.22. The molecule has 0 aliphatic heterocycles. The van der Waals surface area contributed by atoms with Crippen LogP contribution in [0.4, 0.5) is 0 Å². The van der Waals surface area contributed by atoms with Crippen LogP contribution >= 0.6 is 0 Å². The number of H-pyrrole nitrogens is 1. The van der Waals surface area contributed by atoms with Crippen LogP contribution < -0.4 is 15.6 Å². The third-order valence-electron chi connectivity index (χ3n) is 5.15. The van der Waals surface area contributed by atoms with Crippen molar-refractivity contribution in [2.24, 2.45) is 7.05 Å². The van der Waals surface area contributed by atoms with E-state index in [2.05, 4.69) is 15.3 Å². The Morgan fingerprint density at radius 2 is 2.18 bits per heavy atom. The number of methoxy groups -OCH3 is 1. The fourth-order valence-electron chi connectivity index (χ4n) is 3.66. The SMILES string of the molecule is COc1cccc([C@@H](NC(=O)c2cc3c([nH]c2=O)CCC3)c2nccn2C)c1. The van der Waals surface area contributed by atoms with Crippen LogP contribution in [0.5, 0.6) is 5.75 Å². The molecule has 0 saturated carbocycles. The number of carbonyl (C=O) groups excluding carboxylic acids is 1. The van der Waals surface area contributed by atoms with Crippen LogP contribution in [-0.4, -0.2) is 27.6 Å². The standard InChI is InChI=1S/C21H22N4O3/c1-25-10-9-22-19(25)18(14-6-3-7-15(11-14)28-2)24-21(27)16-12-13-5-4-8-17(13)23-20(16)26/h3,6-7,9-12,18H,4-5,8H2,1-2H3,(H,23,26)(H,24,27)/t18-/m1/s1. The Kier molecular flexibility index (Phi) is 4.73. The second-order valence-electron chi connectivity index (χ2n) is 6.95. The maximum atomic E-state index is 13.0. The van der Waals surface area contributed by atoms with Crippen molar-refractivity contribution in [2.45, 2.75) is 25.3 Å². The summed E-state index contributed by atoms with van der Waals surface area (Å²) in [6, 6.07) is 8.65. The van der Waals surface area contributed by atoms with Crippen molar-refractivity contribution in [2.75, 3.05) is 7.11 Å². The van der Waals surface area contributed by atoms with Crippen LogP contribution in [0, 0.1) is 0 Å². The molecule has 1 aliphatic rings. The molecule has 1 amide bonds. The van der Waals surface area contributed by atoms with Gasteiger partial charge >= 0.3 is 0 Å². The zero-order valence-electron chi connectivity index (χ0n) is 15.9. The number of nitrogens with one attached hydrogen (secondary N) is 2. The molecule has 144 valence electrons. The van der Waals surface area contributed by atoms with E-state index in [0.717, 1.165) is 36.1 Å². The van der Waals surface area contributed by atoms with Crippen LogP contribution in [-0.2, 0) is 19.9 Å². The molecular formula is C21H22N4O3. The second kappa shape index (κ2) is 7.34. The Labute approximate surface area is 162 Å². The summed E-state index contributed by atoms with van der Waals surface area (Å²) in [5, 5.41) is 2.98. The van der Waals surface area contributed by atoms with Crippen molar-refractivity contribution in [3.8, 4) is 5.75 Å². The number of nitrogens with zero attached hydrogens (tertiary/aromatic N) is 2. The van der Waals surface area contributed by atoms with Crippen LogP contribution in [0.3, 0.4) is 0 Å². The van der Waals surface area contributed by atoms with Gasteiger partial charge in [-0.3, -0.25) is 9.59 Å². The average molecular weight is 378 g/mol. The Morgan fingerprint density at radius 3 is 2.93 bits per heavy atom. The van der Waals surface area contributed by atoms with Gasteiger partial charge in [0.15, 0.2) is 0 Å². The second-order valence-corrected chi connectivity index (χ2v) is 6.95. The highest BCUT2D eigenvalue weighted by Crippen LogP contribution is 2.25. The molecule has 4 rings (SSSR count). The number of rotatable bonds is 5. The molecule has 7 heteroatoms. The lowest BCUT2D eigenvalue weighted by molar-refractivity contribution is 0.0939. The van der Waals surface area contributed by atoms with Gasteiger partial charge in [0.25, 0.3) is 11.5 Å². The molecule has 28 heavy (non-hydrogen) atoms. The number of aromatic amines is 1. The summed E-state index contributed by atoms with van der Waals surface area (Å²) in [7, 11) is 3.46. The third-order valence-corrected chi connectivity index (χ3v) is 5.15. The van der Waals surface area contributed by atoms with Gasteiger partial charge in [0.2, 0.25) is 0 Å². The first-order valence-electron chi connectivity index (χ1n) is 9.24. The number of hydrogen-bond acceptors (Lipinski definition) is 4. The van der Waals surface area contributed by atoms with E-state index in [1.54, 1.807) is 19.4 Å². The number of hydrogen-bond donors (Lipinski definition) is 2. The number of fused-ring (bicyclic) bond motifs is 1. The van der Waals surface area contributed by atoms with Gasteiger partial charge in [-0.25, -0.2) is 4.98 Å². The molecule has 0 saturated heterocycles. The monoisotopic (exact) mass is 378 g/mol. The number of benzene rings is 1. The van der Waals surface area contributed by atoms with Gasteiger partial charge in [-0.15, -0.1) is 0 Å². The molecular weight excluding hydrogens is 356 g/mol. The van der Waals surface area contributed by atoms with E-state index in [0.29, 0.717) is 11.6 Å². The Hall–Kier alpha value is -3.35. The van der Waals surface area contributed by atoms with Gasteiger partial charge in [0.05, 0.1) is 7.11 Å². The van der Waals surface area contributed by atoms with Crippen molar-refractivity contribution < 1.29 is 9.53 Å². The first-order valence-corrected chi connectivity index (χ1v) is 9.24. The molecule has 0 unspecified atom stereocenters. The molecule has 1 atom stereocenters. The van der Waals surface area contributed by atoms with E-state index in [-0.39, 0.29) is 11.1 Å². The Bertz CT molecular complexity index is 1080. The van der Waals surface area contributed by atoms with E-state index in [1.807, 2.05) is 42.1 Å². The maximum Gasteiger partial charge on any atom is 0.261 e. The van der Waals surface area contributed by atoms with E-state index < -0.39 is 11.9 Å². The summed E-state index contributed by atoms with van der Waals surface area (Å²) in [4.78, 5) is 32.7. The number of ether oxygens (including phenoxy) is 1. The van der Waals surface area contributed by atoms with E-state index >= 15 is 0 Å². The summed E-state index contributed by atoms with van der Waals surface area (Å²) < 4.78 is 7.16. The van der Waals surface area contributed by atoms with E-state index in [4.69, 9.17) is 4.74 Å². The lowest BCUT2D eigenvalue weighted by Gasteiger charge is -2.20. The molecule has 0 fully saturated rings. The zero-order chi connectivity index (χ0) is 19.7. The number of pyridine rings is 1. The minimum absolute atomic E-state index is 0.128. The van der Waals surface area contributed by atoms with E-state index in [1.165, 1.54) is 0 Å². The molecule has 7 nitrogen and oxygen atoms in total. The summed E-state index contributed by atoms with van der Waals surface area (Å²) in [5.41, 5.74) is 2.57. The molecule has 1 aromatic carbocycles. The number of carbonyl (C=O) groups is 1. The minimum atomic E-state index is -0.518. The summed E-state index contributed by atoms with van der Waals surface area (Å²) >= 11 is 0. The average Bonchev–Trinajstić information content (AvgIpc) is 3.33. The van der Waals surface area contributed by atoms with Gasteiger partial charge in [-0.1, -0.05) is 12.1 Å². The summed E-state index contributed by atoms with van der Waals surface area (Å²) in [5.74, 6) is 0.923. The van der Waals surface area contributed by atoms with Crippen molar-refractivity contribution in [3.63, 3.8) is 0 Å². The largest absolute Gasteiger partial charge is 0.497 e. The molecule has 1 aliphatic carbocycles. The Balaban J connectivity index is 1.71. The predicted octanol–water partition coefficient (Wildman–Crippen LogP) is 2.13. The topological polar surface area (TPSA) is 89.0 Å². The first kappa shape index (κ1) is 18.0. The van der Waals surface area contributed by atoms with E-state index in [9.17, 15) is 9.59 Å². The van der Waals surface area contributed by atoms with Crippen molar-refractivity contribution in [1.29, 1.82) is 0 Å². The lowest BCUT2D eigenvalue weighted by Crippen LogP contribution is -2.35. The molecule has 2 N–H and O–H groups in total. The molecule has 0 spiro atoms. The normalized spacial score (nSPS) is 13.8. The van der Waals surface area contributed by atoms with Crippen LogP contribution in [0.2, 0.25) is 0 Å². The smallest absolute Gasteiger partial charge is 0.261 e. The molecule has 0 bridgehead atoms. The van der Waals surface area contributed by atoms with Crippen molar-refractivity contribution in [1.82, 2.24) is 19.9 Å². The molecule has 3 aromatic rings. The maximum absolute atomic E-state index is 13.0. The quantitative estimate of drug-likeness (QED) is 0.712. The number of aromatic nitrogens is 3. The highest BCUT2D eigenvalue weighted by molar-refractivity contribution is 5.94. The number of aryl methyl sites for hydroxylation is 3. The minimum Gasteiger partial charge on any atom is -0.497 e. The highest BCUT2D eigenvalue weighted by atomic mass is 16.5. The predicted molar refractivity (Wildman–Crippen MR) is 105 cm³/mol. The molecule has 2 aromatic heterocycles. The van der Waals surface area contributed by atoms with Crippen molar-refractivity contribution >= 4 is 5.91 Å². The first-order chi connectivity index (χ1) is 13.6. The fourth-order valence-corrected chi connectivity index (χ4v) is 3.66. The van der Waals surface area contributed by atoms with Gasteiger partial charge < -0.3 is 19.6 Å². The van der Waals surface area contributed by atoms with Crippen LogP contribution in [0.15, 0.2) is 47.5 Å². The fraction of sp³-hybridized carbons (Fsp3) is 0.286. The third kappa shape index (κ3) is 3.31. The highest BCUT2D eigenvalue weighted by Gasteiger charge is 2.24. The Morgan fingerprint density at radius 1 is 1.32 bits per heavy atom. The van der Waals surface area contributed by atoms with Crippen LogP contribution in [0.25, 0.3) is 0 Å². The molecule has 0 radical (unpaired) electrons. The zero-order valence-corrected chi connectivity index (χ0v) is 15.9.